The number of rotatable bonds is 6. The second-order valence-electron chi connectivity index (χ2n) is 9.48. The highest BCUT2D eigenvalue weighted by molar-refractivity contribution is 6.11. The normalized spacial score (nSPS) is 28.8. The molecule has 0 atom stereocenters. The zero-order valence-corrected chi connectivity index (χ0v) is 19.0. The number of nitrogens with one attached hydrogen (secondary N) is 2. The maximum absolute atomic E-state index is 11.9. The number of nitrogens with zero attached hydrogens (tertiary/aromatic N) is 4. The highest BCUT2D eigenvalue weighted by Crippen LogP contribution is 2.48. The van der Waals surface area contributed by atoms with Gasteiger partial charge in [0, 0.05) is 56.6 Å². The summed E-state index contributed by atoms with van der Waals surface area (Å²) in [5.74, 6) is -0.952. The molecule has 0 aromatic carbocycles. The van der Waals surface area contributed by atoms with Crippen LogP contribution in [0, 0.1) is 11.8 Å². The monoisotopic (exact) mass is 454 g/mol. The van der Waals surface area contributed by atoms with Gasteiger partial charge in [-0.25, -0.2) is 9.67 Å². The van der Waals surface area contributed by atoms with Crippen molar-refractivity contribution in [3.05, 3.63) is 18.0 Å². The van der Waals surface area contributed by atoms with Crippen LogP contribution in [0.3, 0.4) is 0 Å². The summed E-state index contributed by atoms with van der Waals surface area (Å²) in [6.45, 7) is 2.74. The fourth-order valence-corrected chi connectivity index (χ4v) is 5.43. The molecule has 0 radical (unpaired) electrons. The molecule has 1 amide bonds. The molecule has 3 N–H and O–H groups in total. The number of hydrogen-bond donors (Lipinski definition) is 3. The Morgan fingerprint density at radius 3 is 2.64 bits per heavy atom. The van der Waals surface area contributed by atoms with Gasteiger partial charge in [0.15, 0.2) is 5.65 Å². The molecule has 3 heterocycles. The molecule has 2 saturated carbocycles. The second-order valence-corrected chi connectivity index (χ2v) is 9.48. The first-order chi connectivity index (χ1) is 15.9. The summed E-state index contributed by atoms with van der Waals surface area (Å²) in [5.41, 5.74) is 3.04. The van der Waals surface area contributed by atoms with Crippen molar-refractivity contribution < 1.29 is 19.5 Å². The van der Waals surface area contributed by atoms with Gasteiger partial charge in [0.05, 0.1) is 28.9 Å². The molecule has 2 aromatic heterocycles. The molecule has 0 unspecified atom stereocenters. The minimum atomic E-state index is -0.706. The van der Waals surface area contributed by atoms with E-state index in [1.807, 2.05) is 24.0 Å². The number of carbonyl (C=O) groups excluding carboxylic acids is 1. The molecule has 0 bridgehead atoms. The Labute approximate surface area is 191 Å². The summed E-state index contributed by atoms with van der Waals surface area (Å²) in [4.78, 5) is 33.8. The summed E-state index contributed by atoms with van der Waals surface area (Å²) in [5, 5.41) is 25.6. The van der Waals surface area contributed by atoms with E-state index in [1.165, 1.54) is 0 Å². The number of aryl methyl sites for hydroxylation is 1. The molecule has 33 heavy (non-hydrogen) atoms. The molecule has 1 spiro atoms. The van der Waals surface area contributed by atoms with Crippen LogP contribution in [0.25, 0.3) is 11.0 Å². The van der Waals surface area contributed by atoms with Gasteiger partial charge in [-0.15, -0.1) is 0 Å². The van der Waals surface area contributed by atoms with E-state index < -0.39 is 11.6 Å². The van der Waals surface area contributed by atoms with E-state index >= 15 is 0 Å². The number of hydrogen-bond acceptors (Lipinski definition) is 7. The van der Waals surface area contributed by atoms with Crippen molar-refractivity contribution in [3.8, 4) is 0 Å². The first-order valence-electron chi connectivity index (χ1n) is 11.7. The smallest absolute Gasteiger partial charge is 0.306 e. The summed E-state index contributed by atoms with van der Waals surface area (Å²) >= 11 is 0. The minimum absolute atomic E-state index is 0.0324. The van der Waals surface area contributed by atoms with Gasteiger partial charge in [-0.1, -0.05) is 5.16 Å². The summed E-state index contributed by atoms with van der Waals surface area (Å²) in [7, 11) is 1.66. The van der Waals surface area contributed by atoms with Crippen LogP contribution in [0.15, 0.2) is 17.5 Å². The third-order valence-electron chi connectivity index (χ3n) is 7.39. The largest absolute Gasteiger partial charge is 0.481 e. The molecule has 176 valence electrons. The maximum atomic E-state index is 11.9. The van der Waals surface area contributed by atoms with Gasteiger partial charge < -0.3 is 20.6 Å². The van der Waals surface area contributed by atoms with Gasteiger partial charge in [-0.2, -0.15) is 5.10 Å². The number of carboxylic acids is 1. The van der Waals surface area contributed by atoms with Crippen LogP contribution in [0.2, 0.25) is 0 Å². The van der Waals surface area contributed by atoms with Crippen molar-refractivity contribution >= 4 is 34.3 Å². The van der Waals surface area contributed by atoms with Crippen molar-refractivity contribution in [1.82, 2.24) is 20.1 Å². The molecule has 1 aliphatic heterocycles. The SMILES string of the molecule is CCn1ncc2c(NC3CCC(C(=O)O)CC3)c(C3=NOC4(C3)CC(C(=O)NC)C4)cnc21. The number of oxime groups is 1. The average Bonchev–Trinajstić information content (AvgIpc) is 3.43. The fraction of sp³-hybridized carbons (Fsp3) is 0.609. The molecule has 2 fully saturated rings. The molecule has 2 aromatic rings. The number of aliphatic carboxylic acids is 1. The lowest BCUT2D eigenvalue weighted by atomic mass is 9.68. The molecule has 5 rings (SSSR count). The van der Waals surface area contributed by atoms with Crippen molar-refractivity contribution in [3.63, 3.8) is 0 Å². The van der Waals surface area contributed by atoms with Gasteiger partial charge >= 0.3 is 5.97 Å². The van der Waals surface area contributed by atoms with Gasteiger partial charge in [0.2, 0.25) is 5.91 Å². The van der Waals surface area contributed by atoms with Crippen LogP contribution in [0.1, 0.15) is 57.4 Å². The van der Waals surface area contributed by atoms with Crippen LogP contribution >= 0.6 is 0 Å². The maximum Gasteiger partial charge on any atom is 0.306 e. The highest BCUT2D eigenvalue weighted by Gasteiger charge is 2.53. The average molecular weight is 455 g/mol. The minimum Gasteiger partial charge on any atom is -0.481 e. The van der Waals surface area contributed by atoms with Crippen LogP contribution < -0.4 is 10.6 Å². The zero-order chi connectivity index (χ0) is 23.2. The van der Waals surface area contributed by atoms with Gasteiger partial charge in [0.25, 0.3) is 0 Å². The number of fused-ring (bicyclic) bond motifs is 1. The lowest BCUT2D eigenvalue weighted by Gasteiger charge is -2.41. The number of carboxylic acid groups (broad SMARTS) is 1. The molecule has 2 aliphatic carbocycles. The first-order valence-corrected chi connectivity index (χ1v) is 11.7. The van der Waals surface area contributed by atoms with Crippen LogP contribution in [0.5, 0.6) is 0 Å². The number of aromatic nitrogens is 3. The second kappa shape index (κ2) is 8.31. The van der Waals surface area contributed by atoms with Gasteiger partial charge in [-0.05, 0) is 32.6 Å². The Balaban J connectivity index is 1.40. The van der Waals surface area contributed by atoms with Crippen LogP contribution in [-0.4, -0.2) is 56.1 Å². The van der Waals surface area contributed by atoms with Crippen molar-refractivity contribution in [1.29, 1.82) is 0 Å². The lowest BCUT2D eigenvalue weighted by Crippen LogP contribution is -2.49. The van der Waals surface area contributed by atoms with E-state index in [0.717, 1.165) is 40.8 Å². The van der Waals surface area contributed by atoms with E-state index in [1.54, 1.807) is 7.05 Å². The van der Waals surface area contributed by atoms with E-state index in [-0.39, 0.29) is 23.8 Å². The Kier molecular flexibility index (Phi) is 5.46. The standard InChI is InChI=1S/C23H30N6O4/c1-3-29-20-17(12-26-29)19(27-15-6-4-13(5-7-15)22(31)32)16(11-25-20)18-10-23(33-28-18)8-14(9-23)21(30)24-2/h11-15H,3-10H2,1-2H3,(H,24,30)(H,25,27)(H,31,32). The topological polar surface area (TPSA) is 131 Å². The number of amides is 1. The number of anilines is 1. The quantitative estimate of drug-likeness (QED) is 0.611. The van der Waals surface area contributed by atoms with E-state index in [2.05, 4.69) is 25.9 Å². The third kappa shape index (κ3) is 3.81. The third-order valence-corrected chi connectivity index (χ3v) is 7.39. The molecular formula is C23H30N6O4. The molecular weight excluding hydrogens is 424 g/mol. The Morgan fingerprint density at radius 2 is 1.97 bits per heavy atom. The summed E-state index contributed by atoms with van der Waals surface area (Å²) in [6.07, 6.45) is 8.53. The molecule has 3 aliphatic rings. The highest BCUT2D eigenvalue weighted by atomic mass is 16.7. The van der Waals surface area contributed by atoms with Crippen LogP contribution in [0.4, 0.5) is 5.69 Å². The predicted molar refractivity (Wildman–Crippen MR) is 122 cm³/mol. The molecule has 10 nitrogen and oxygen atoms in total. The first kappa shape index (κ1) is 21.7. The summed E-state index contributed by atoms with van der Waals surface area (Å²) < 4.78 is 1.86. The van der Waals surface area contributed by atoms with Crippen molar-refractivity contribution in [2.75, 3.05) is 12.4 Å². The fourth-order valence-electron chi connectivity index (χ4n) is 5.43. The zero-order valence-electron chi connectivity index (χ0n) is 19.0. The Bertz CT molecular complexity index is 1110. The van der Waals surface area contributed by atoms with Crippen LogP contribution in [-0.2, 0) is 21.0 Å². The Hall–Kier alpha value is -3.17. The molecule has 10 heteroatoms. The van der Waals surface area contributed by atoms with Crippen molar-refractivity contribution in [2.45, 2.75) is 70.1 Å². The predicted octanol–water partition coefficient (Wildman–Crippen LogP) is 2.53. The van der Waals surface area contributed by atoms with Crippen molar-refractivity contribution in [2.24, 2.45) is 17.0 Å². The number of carbonyl (C=O) groups is 2. The number of pyridine rings is 1. The van der Waals surface area contributed by atoms with Gasteiger partial charge in [-0.3, -0.25) is 9.59 Å². The Morgan fingerprint density at radius 1 is 1.21 bits per heavy atom. The molecule has 0 saturated heterocycles. The van der Waals surface area contributed by atoms with Gasteiger partial charge in [0.1, 0.15) is 5.60 Å². The lowest BCUT2D eigenvalue weighted by molar-refractivity contribution is -0.147. The van der Waals surface area contributed by atoms with E-state index in [0.29, 0.717) is 38.6 Å². The van der Waals surface area contributed by atoms with E-state index in [4.69, 9.17) is 4.84 Å². The summed E-state index contributed by atoms with van der Waals surface area (Å²) in [6, 6.07) is 0.174. The van der Waals surface area contributed by atoms with E-state index in [9.17, 15) is 14.7 Å².